The summed E-state index contributed by atoms with van der Waals surface area (Å²) in [6.45, 7) is 0.372. The van der Waals surface area contributed by atoms with Gasteiger partial charge in [-0.05, 0) is 42.8 Å². The predicted octanol–water partition coefficient (Wildman–Crippen LogP) is 3.63. The highest BCUT2D eigenvalue weighted by molar-refractivity contribution is 5.79. The molecule has 0 fully saturated rings. The molecule has 2 heterocycles. The molecule has 0 bridgehead atoms. The van der Waals surface area contributed by atoms with E-state index in [9.17, 15) is 18.0 Å². The summed E-state index contributed by atoms with van der Waals surface area (Å²) in [6, 6.07) is 11.8. The first kappa shape index (κ1) is 20.4. The smallest absolute Gasteiger partial charge is 0.422 e. The summed E-state index contributed by atoms with van der Waals surface area (Å²) in [6.07, 6.45) is 0.506. The first-order valence-corrected chi connectivity index (χ1v) is 8.84. The molecule has 1 amide bonds. The second-order valence-corrected chi connectivity index (χ2v) is 6.41. The molecule has 0 spiro atoms. The van der Waals surface area contributed by atoms with Crippen molar-refractivity contribution in [3.05, 3.63) is 72.3 Å². The van der Waals surface area contributed by atoms with Crippen molar-refractivity contribution in [1.29, 1.82) is 0 Å². The maximum absolute atomic E-state index is 12.3. The normalized spacial score (nSPS) is 12.4. The maximum Gasteiger partial charge on any atom is 0.422 e. The summed E-state index contributed by atoms with van der Waals surface area (Å²) in [5.74, 6) is -0.176. The topological polar surface area (TPSA) is 69.0 Å². The van der Waals surface area contributed by atoms with Gasteiger partial charge in [-0.2, -0.15) is 18.3 Å². The third-order valence-corrected chi connectivity index (χ3v) is 4.05. The molecule has 0 aliphatic rings. The Balaban J connectivity index is 1.52. The molecule has 3 rings (SSSR count). The molecule has 1 N–H and O–H groups in total. The molecule has 0 aliphatic carbocycles. The molecule has 6 nitrogen and oxygen atoms in total. The van der Waals surface area contributed by atoms with Gasteiger partial charge in [0.1, 0.15) is 5.75 Å². The molecule has 0 radical (unpaired) electrons. The molecule has 0 aliphatic heterocycles. The summed E-state index contributed by atoms with van der Waals surface area (Å²) in [4.78, 5) is 16.3. The van der Waals surface area contributed by atoms with E-state index in [1.165, 1.54) is 18.3 Å². The van der Waals surface area contributed by atoms with E-state index in [4.69, 9.17) is 0 Å². The summed E-state index contributed by atoms with van der Waals surface area (Å²) < 4.78 is 42.8. The Morgan fingerprint density at radius 1 is 1.21 bits per heavy atom. The fourth-order valence-electron chi connectivity index (χ4n) is 2.64. The number of hydrogen-bond acceptors (Lipinski definition) is 4. The van der Waals surface area contributed by atoms with Crippen LogP contribution >= 0.6 is 0 Å². The number of rotatable bonds is 7. The average Bonchev–Trinajstić information content (AvgIpc) is 3.21. The van der Waals surface area contributed by atoms with E-state index < -0.39 is 18.8 Å². The van der Waals surface area contributed by atoms with Gasteiger partial charge in [-0.3, -0.25) is 9.78 Å². The quantitative estimate of drug-likeness (QED) is 0.653. The third-order valence-electron chi connectivity index (χ3n) is 4.05. The van der Waals surface area contributed by atoms with Crippen LogP contribution in [0, 0.1) is 0 Å². The number of benzene rings is 1. The van der Waals surface area contributed by atoms with Gasteiger partial charge in [0.25, 0.3) is 0 Å². The van der Waals surface area contributed by atoms with E-state index in [0.717, 1.165) is 11.3 Å². The van der Waals surface area contributed by atoms with Crippen LogP contribution in [0.15, 0.2) is 61.1 Å². The summed E-state index contributed by atoms with van der Waals surface area (Å²) in [5.41, 5.74) is 2.26. The summed E-state index contributed by atoms with van der Waals surface area (Å²) in [5, 5.41) is 6.97. The van der Waals surface area contributed by atoms with E-state index in [2.05, 4.69) is 20.1 Å². The minimum atomic E-state index is -4.41. The third kappa shape index (κ3) is 6.06. The SMILES string of the molecule is C[C@@H](NC(=O)Cc1ccc(-n2cccn2)cc1)c1ccc(OCC(F)(F)F)cn1. The zero-order valence-electron chi connectivity index (χ0n) is 15.6. The number of halogens is 3. The van der Waals surface area contributed by atoms with Gasteiger partial charge in [-0.15, -0.1) is 0 Å². The van der Waals surface area contributed by atoms with Crippen LogP contribution in [0.25, 0.3) is 5.69 Å². The number of ether oxygens (including phenoxy) is 1. The Morgan fingerprint density at radius 2 is 1.97 bits per heavy atom. The van der Waals surface area contributed by atoms with Crippen LogP contribution in [0.4, 0.5) is 13.2 Å². The van der Waals surface area contributed by atoms with E-state index >= 15 is 0 Å². The van der Waals surface area contributed by atoms with Gasteiger partial charge < -0.3 is 10.1 Å². The molecular weight excluding hydrogens is 385 g/mol. The highest BCUT2D eigenvalue weighted by atomic mass is 19.4. The fraction of sp³-hybridized carbons (Fsp3) is 0.250. The zero-order valence-corrected chi connectivity index (χ0v) is 15.6. The maximum atomic E-state index is 12.3. The van der Waals surface area contributed by atoms with Gasteiger partial charge in [0.15, 0.2) is 6.61 Å². The number of nitrogens with zero attached hydrogens (tertiary/aromatic N) is 3. The molecular formula is C20H19F3N4O2. The lowest BCUT2D eigenvalue weighted by atomic mass is 10.1. The van der Waals surface area contributed by atoms with Crippen molar-refractivity contribution in [3.63, 3.8) is 0 Å². The largest absolute Gasteiger partial charge is 0.483 e. The number of aromatic nitrogens is 3. The Morgan fingerprint density at radius 3 is 2.55 bits per heavy atom. The minimum Gasteiger partial charge on any atom is -0.483 e. The monoisotopic (exact) mass is 404 g/mol. The van der Waals surface area contributed by atoms with Crippen LogP contribution in [0.5, 0.6) is 5.75 Å². The Hall–Kier alpha value is -3.36. The van der Waals surface area contributed by atoms with E-state index in [1.54, 1.807) is 17.8 Å². The zero-order chi connectivity index (χ0) is 20.9. The van der Waals surface area contributed by atoms with Crippen molar-refractivity contribution >= 4 is 5.91 Å². The minimum absolute atomic E-state index is 0.0156. The lowest BCUT2D eigenvalue weighted by Crippen LogP contribution is -2.28. The number of nitrogens with one attached hydrogen (secondary N) is 1. The van der Waals surface area contributed by atoms with E-state index in [0.29, 0.717) is 5.69 Å². The second kappa shape index (κ2) is 8.76. The van der Waals surface area contributed by atoms with Gasteiger partial charge in [-0.1, -0.05) is 12.1 Å². The lowest BCUT2D eigenvalue weighted by molar-refractivity contribution is -0.153. The van der Waals surface area contributed by atoms with Crippen molar-refractivity contribution in [2.24, 2.45) is 0 Å². The summed E-state index contributed by atoms with van der Waals surface area (Å²) >= 11 is 0. The number of carbonyl (C=O) groups excluding carboxylic acids is 1. The Kier molecular flexibility index (Phi) is 6.16. The number of alkyl halides is 3. The van der Waals surface area contributed by atoms with Gasteiger partial charge in [0.2, 0.25) is 5.91 Å². The van der Waals surface area contributed by atoms with Crippen LogP contribution in [0.3, 0.4) is 0 Å². The van der Waals surface area contributed by atoms with E-state index in [1.807, 2.05) is 36.5 Å². The van der Waals surface area contributed by atoms with Crippen LogP contribution in [-0.2, 0) is 11.2 Å². The Labute approximate surface area is 165 Å². The van der Waals surface area contributed by atoms with E-state index in [-0.39, 0.29) is 18.1 Å². The molecule has 2 aromatic heterocycles. The highest BCUT2D eigenvalue weighted by Crippen LogP contribution is 2.19. The average molecular weight is 404 g/mol. The van der Waals surface area contributed by atoms with Crippen molar-refractivity contribution < 1.29 is 22.7 Å². The van der Waals surface area contributed by atoms with Crippen LogP contribution in [0.2, 0.25) is 0 Å². The molecule has 29 heavy (non-hydrogen) atoms. The first-order chi connectivity index (χ1) is 13.8. The van der Waals surface area contributed by atoms with Gasteiger partial charge in [0, 0.05) is 12.4 Å². The predicted molar refractivity (Wildman–Crippen MR) is 99.6 cm³/mol. The number of amides is 1. The molecule has 0 unspecified atom stereocenters. The molecule has 152 valence electrons. The molecule has 1 atom stereocenters. The summed E-state index contributed by atoms with van der Waals surface area (Å²) in [7, 11) is 0. The fourth-order valence-corrected chi connectivity index (χ4v) is 2.64. The molecule has 9 heteroatoms. The molecule has 0 saturated heterocycles. The standard InChI is InChI=1S/C20H19F3N4O2/c1-14(18-8-7-17(12-24-18)29-13-20(21,22)23)26-19(28)11-15-3-5-16(6-4-15)27-10-2-9-25-27/h2-10,12,14H,11,13H2,1H3,(H,26,28)/t14-/m1/s1. The van der Waals surface area contributed by atoms with Gasteiger partial charge in [0.05, 0.1) is 30.0 Å². The van der Waals surface area contributed by atoms with Crippen molar-refractivity contribution in [2.45, 2.75) is 25.6 Å². The van der Waals surface area contributed by atoms with Crippen molar-refractivity contribution in [3.8, 4) is 11.4 Å². The molecule has 3 aromatic rings. The molecule has 1 aromatic carbocycles. The van der Waals surface area contributed by atoms with Crippen molar-refractivity contribution in [2.75, 3.05) is 6.61 Å². The lowest BCUT2D eigenvalue weighted by Gasteiger charge is -2.14. The van der Waals surface area contributed by atoms with Gasteiger partial charge in [-0.25, -0.2) is 4.68 Å². The van der Waals surface area contributed by atoms with Crippen LogP contribution < -0.4 is 10.1 Å². The van der Waals surface area contributed by atoms with Crippen LogP contribution in [0.1, 0.15) is 24.2 Å². The number of carbonyl (C=O) groups is 1. The van der Waals surface area contributed by atoms with Gasteiger partial charge >= 0.3 is 6.18 Å². The van der Waals surface area contributed by atoms with Crippen LogP contribution in [-0.4, -0.2) is 33.5 Å². The first-order valence-electron chi connectivity index (χ1n) is 8.84. The Bertz CT molecular complexity index is 924. The van der Waals surface area contributed by atoms with Crippen molar-refractivity contribution in [1.82, 2.24) is 20.1 Å². The molecule has 0 saturated carbocycles. The second-order valence-electron chi connectivity index (χ2n) is 6.41. The number of hydrogen-bond donors (Lipinski definition) is 1. The number of pyridine rings is 1. The highest BCUT2D eigenvalue weighted by Gasteiger charge is 2.28.